The molecule has 3 rings (SSSR count). The Kier molecular flexibility index (Phi) is 3.69. The zero-order valence-corrected chi connectivity index (χ0v) is 12.1. The van der Waals surface area contributed by atoms with Crippen LogP contribution in [-0.2, 0) is 6.54 Å². The van der Waals surface area contributed by atoms with Crippen LogP contribution in [0.25, 0.3) is 0 Å². The molecule has 1 aliphatic heterocycles. The lowest BCUT2D eigenvalue weighted by Gasteiger charge is -2.45. The molecule has 1 aliphatic carbocycles. The summed E-state index contributed by atoms with van der Waals surface area (Å²) in [6.45, 7) is 1.77. The van der Waals surface area contributed by atoms with E-state index in [1.165, 1.54) is 10.7 Å². The fourth-order valence-electron chi connectivity index (χ4n) is 4.03. The summed E-state index contributed by atoms with van der Waals surface area (Å²) >= 11 is 0. The lowest BCUT2D eigenvalue weighted by Crippen LogP contribution is -2.51. The van der Waals surface area contributed by atoms with Crippen molar-refractivity contribution in [1.29, 1.82) is 0 Å². The second-order valence-electron chi connectivity index (χ2n) is 6.30. The van der Waals surface area contributed by atoms with Gasteiger partial charge in [0.05, 0.1) is 0 Å². The number of piperidine rings is 1. The van der Waals surface area contributed by atoms with E-state index in [2.05, 4.69) is 5.10 Å². The average molecular weight is 291 g/mol. The van der Waals surface area contributed by atoms with E-state index in [9.17, 15) is 14.7 Å². The van der Waals surface area contributed by atoms with Gasteiger partial charge in [-0.2, -0.15) is 5.10 Å². The van der Waals surface area contributed by atoms with Crippen LogP contribution in [0.2, 0.25) is 0 Å². The molecule has 21 heavy (non-hydrogen) atoms. The Balaban J connectivity index is 1.82. The van der Waals surface area contributed by atoms with Crippen LogP contribution in [0, 0.1) is 11.3 Å². The van der Waals surface area contributed by atoms with Gasteiger partial charge in [-0.25, -0.2) is 9.48 Å². The number of aromatic nitrogens is 2. The predicted molar refractivity (Wildman–Crippen MR) is 77.1 cm³/mol. The standard InChI is InChI=1S/C15H21N3O3/c19-13-4-3-8-16-18(13)10-12-5-9-17(14(20)21)11-15(12)6-1-2-7-15/h3-4,8,12H,1-2,5-7,9-11H2,(H,20,21)/t12-/m0/s1. The highest BCUT2D eigenvalue weighted by Crippen LogP contribution is 2.49. The molecule has 0 radical (unpaired) electrons. The molecule has 2 aliphatic rings. The van der Waals surface area contributed by atoms with Gasteiger partial charge in [-0.15, -0.1) is 0 Å². The van der Waals surface area contributed by atoms with Crippen molar-refractivity contribution in [3.63, 3.8) is 0 Å². The molecule has 1 saturated carbocycles. The molecule has 2 heterocycles. The number of amides is 1. The quantitative estimate of drug-likeness (QED) is 0.901. The lowest BCUT2D eigenvalue weighted by atomic mass is 9.69. The maximum atomic E-state index is 11.9. The first-order valence-corrected chi connectivity index (χ1v) is 7.61. The molecule has 1 saturated heterocycles. The minimum Gasteiger partial charge on any atom is -0.465 e. The van der Waals surface area contributed by atoms with Crippen LogP contribution in [0.15, 0.2) is 23.1 Å². The van der Waals surface area contributed by atoms with Crippen molar-refractivity contribution in [2.24, 2.45) is 11.3 Å². The van der Waals surface area contributed by atoms with E-state index in [4.69, 9.17) is 0 Å². The van der Waals surface area contributed by atoms with Crippen molar-refractivity contribution in [2.75, 3.05) is 13.1 Å². The SMILES string of the molecule is O=C(O)N1CC[C@@H](Cn2ncccc2=O)C2(CCCC2)C1. The molecule has 1 aromatic rings. The van der Waals surface area contributed by atoms with Crippen molar-refractivity contribution in [3.8, 4) is 0 Å². The maximum absolute atomic E-state index is 11.9. The second kappa shape index (κ2) is 5.50. The zero-order chi connectivity index (χ0) is 14.9. The molecule has 1 amide bonds. The van der Waals surface area contributed by atoms with E-state index in [0.29, 0.717) is 25.6 Å². The van der Waals surface area contributed by atoms with E-state index < -0.39 is 6.09 Å². The number of hydrogen-bond donors (Lipinski definition) is 1. The minimum atomic E-state index is -0.824. The number of carboxylic acid groups (broad SMARTS) is 1. The Labute approximate surface area is 123 Å². The monoisotopic (exact) mass is 291 g/mol. The topological polar surface area (TPSA) is 75.4 Å². The largest absolute Gasteiger partial charge is 0.465 e. The van der Waals surface area contributed by atoms with E-state index >= 15 is 0 Å². The van der Waals surface area contributed by atoms with Gasteiger partial charge in [0.25, 0.3) is 5.56 Å². The Morgan fingerprint density at radius 3 is 2.86 bits per heavy atom. The first kappa shape index (κ1) is 14.1. The van der Waals surface area contributed by atoms with E-state index in [-0.39, 0.29) is 11.0 Å². The predicted octanol–water partition coefficient (Wildman–Crippen LogP) is 1.80. The summed E-state index contributed by atoms with van der Waals surface area (Å²) in [6.07, 6.45) is 6.05. The summed E-state index contributed by atoms with van der Waals surface area (Å²) in [6, 6.07) is 3.18. The Hall–Kier alpha value is -1.85. The number of hydrogen-bond acceptors (Lipinski definition) is 3. The van der Waals surface area contributed by atoms with Crippen LogP contribution in [-0.4, -0.2) is 39.0 Å². The van der Waals surface area contributed by atoms with E-state index in [0.717, 1.165) is 32.1 Å². The van der Waals surface area contributed by atoms with Crippen molar-refractivity contribution >= 4 is 6.09 Å². The highest BCUT2D eigenvalue weighted by Gasteiger charge is 2.46. The smallest absolute Gasteiger partial charge is 0.407 e. The lowest BCUT2D eigenvalue weighted by molar-refractivity contribution is 0.0235. The van der Waals surface area contributed by atoms with Gasteiger partial charge in [0.15, 0.2) is 0 Å². The van der Waals surface area contributed by atoms with Crippen molar-refractivity contribution < 1.29 is 9.90 Å². The fraction of sp³-hybridized carbons (Fsp3) is 0.667. The summed E-state index contributed by atoms with van der Waals surface area (Å²) in [5.41, 5.74) is -0.0422. The highest BCUT2D eigenvalue weighted by molar-refractivity contribution is 5.65. The van der Waals surface area contributed by atoms with Gasteiger partial charge in [-0.05, 0) is 36.7 Å². The van der Waals surface area contributed by atoms with Gasteiger partial charge in [-0.1, -0.05) is 12.8 Å². The molecule has 1 spiro atoms. The summed E-state index contributed by atoms with van der Waals surface area (Å²) in [4.78, 5) is 24.7. The van der Waals surface area contributed by atoms with Gasteiger partial charge >= 0.3 is 6.09 Å². The first-order valence-electron chi connectivity index (χ1n) is 7.61. The fourth-order valence-corrected chi connectivity index (χ4v) is 4.03. The summed E-state index contributed by atoms with van der Waals surface area (Å²) in [7, 11) is 0. The van der Waals surface area contributed by atoms with Gasteiger partial charge in [-0.3, -0.25) is 4.79 Å². The maximum Gasteiger partial charge on any atom is 0.407 e. The molecule has 0 unspecified atom stereocenters. The van der Waals surface area contributed by atoms with Crippen molar-refractivity contribution in [1.82, 2.24) is 14.7 Å². The minimum absolute atomic E-state index is 0.0353. The van der Waals surface area contributed by atoms with Gasteiger partial charge in [0, 0.05) is 31.9 Å². The summed E-state index contributed by atoms with van der Waals surface area (Å²) < 4.78 is 1.53. The molecule has 1 aromatic heterocycles. The third-order valence-corrected chi connectivity index (χ3v) is 5.17. The van der Waals surface area contributed by atoms with Crippen LogP contribution in [0.1, 0.15) is 32.1 Å². The average Bonchev–Trinajstić information content (AvgIpc) is 2.92. The molecule has 6 nitrogen and oxygen atoms in total. The van der Waals surface area contributed by atoms with Crippen molar-refractivity contribution in [3.05, 3.63) is 28.7 Å². The zero-order valence-electron chi connectivity index (χ0n) is 12.1. The molecule has 1 N–H and O–H groups in total. The number of likely N-dealkylation sites (tertiary alicyclic amines) is 1. The molecule has 1 atom stereocenters. The van der Waals surface area contributed by atoms with Crippen LogP contribution >= 0.6 is 0 Å². The van der Waals surface area contributed by atoms with Crippen LogP contribution < -0.4 is 5.56 Å². The highest BCUT2D eigenvalue weighted by atomic mass is 16.4. The summed E-state index contributed by atoms with van der Waals surface area (Å²) in [5.74, 6) is 0.336. The molecule has 6 heteroatoms. The van der Waals surface area contributed by atoms with Crippen LogP contribution in [0.3, 0.4) is 0 Å². The number of nitrogens with zero attached hydrogens (tertiary/aromatic N) is 3. The molecule has 2 fully saturated rings. The third kappa shape index (κ3) is 2.66. The van der Waals surface area contributed by atoms with Gasteiger partial charge < -0.3 is 10.0 Å². The Morgan fingerprint density at radius 2 is 2.19 bits per heavy atom. The van der Waals surface area contributed by atoms with Gasteiger partial charge in [0.1, 0.15) is 0 Å². The third-order valence-electron chi connectivity index (χ3n) is 5.17. The Morgan fingerprint density at radius 1 is 1.43 bits per heavy atom. The van der Waals surface area contributed by atoms with Gasteiger partial charge in [0.2, 0.25) is 0 Å². The normalized spacial score (nSPS) is 24.4. The molecule has 0 aromatic carbocycles. The molecule has 0 bridgehead atoms. The Bertz CT molecular complexity index is 578. The first-order chi connectivity index (χ1) is 10.1. The molecular weight excluding hydrogens is 270 g/mol. The van der Waals surface area contributed by atoms with Crippen LogP contribution in [0.5, 0.6) is 0 Å². The van der Waals surface area contributed by atoms with E-state index in [1.54, 1.807) is 17.2 Å². The molecule has 114 valence electrons. The van der Waals surface area contributed by atoms with Crippen molar-refractivity contribution in [2.45, 2.75) is 38.6 Å². The van der Waals surface area contributed by atoms with E-state index in [1.807, 2.05) is 0 Å². The summed E-state index contributed by atoms with van der Waals surface area (Å²) in [5, 5.41) is 13.4. The van der Waals surface area contributed by atoms with Crippen LogP contribution in [0.4, 0.5) is 4.79 Å². The second-order valence-corrected chi connectivity index (χ2v) is 6.30. The number of carbonyl (C=O) groups is 1. The molecular formula is C15H21N3O3. The number of rotatable bonds is 2.